The molecule has 0 bridgehead atoms. The third-order valence-electron chi connectivity index (χ3n) is 5.08. The molecular formula is C19H15Cl2N3O3. The highest BCUT2D eigenvalue weighted by Gasteiger charge is 2.59. The molecule has 2 aromatic rings. The van der Waals surface area contributed by atoms with Crippen LogP contribution in [0, 0.1) is 0 Å². The molecule has 4 rings (SSSR count). The molecule has 1 saturated heterocycles. The third-order valence-corrected chi connectivity index (χ3v) is 5.82. The maximum Gasteiger partial charge on any atom is 0.271 e. The highest BCUT2D eigenvalue weighted by molar-refractivity contribution is 6.42. The molecule has 0 radical (unpaired) electrons. The Morgan fingerprint density at radius 3 is 2.59 bits per heavy atom. The van der Waals surface area contributed by atoms with Crippen molar-refractivity contribution in [2.75, 3.05) is 17.3 Å². The summed E-state index contributed by atoms with van der Waals surface area (Å²) in [5, 5.41) is 3.44. The first-order valence-corrected chi connectivity index (χ1v) is 9.08. The molecule has 6 nitrogen and oxygen atoms in total. The Hall–Kier alpha value is -2.57. The lowest BCUT2D eigenvalue weighted by Gasteiger charge is -2.47. The highest BCUT2D eigenvalue weighted by atomic mass is 35.5. The summed E-state index contributed by atoms with van der Waals surface area (Å²) in [5.74, 6) is -0.982. The molecule has 0 aliphatic carbocycles. The van der Waals surface area contributed by atoms with Gasteiger partial charge in [0.25, 0.3) is 11.8 Å². The summed E-state index contributed by atoms with van der Waals surface area (Å²) in [7, 11) is 1.54. The molecule has 0 aromatic heterocycles. The van der Waals surface area contributed by atoms with Crippen molar-refractivity contribution in [3.05, 3.63) is 58.1 Å². The third kappa shape index (κ3) is 2.51. The van der Waals surface area contributed by atoms with Crippen LogP contribution in [0.5, 0.6) is 0 Å². The molecule has 1 N–H and O–H groups in total. The molecule has 1 atom stereocenters. The van der Waals surface area contributed by atoms with Crippen molar-refractivity contribution in [2.45, 2.75) is 18.5 Å². The van der Waals surface area contributed by atoms with Gasteiger partial charge in [0.2, 0.25) is 11.6 Å². The van der Waals surface area contributed by atoms with E-state index in [4.69, 9.17) is 23.2 Å². The van der Waals surface area contributed by atoms with E-state index >= 15 is 0 Å². The monoisotopic (exact) mass is 403 g/mol. The lowest BCUT2D eigenvalue weighted by molar-refractivity contribution is -0.128. The second-order valence-corrected chi connectivity index (χ2v) is 7.32. The summed E-state index contributed by atoms with van der Waals surface area (Å²) in [6.07, 6.45) is 0.371. The minimum Gasteiger partial charge on any atom is -0.322 e. The fourth-order valence-corrected chi connectivity index (χ4v) is 4.03. The number of para-hydroxylation sites is 1. The number of hydrogen-bond donors (Lipinski definition) is 1. The van der Waals surface area contributed by atoms with Gasteiger partial charge in [0.1, 0.15) is 0 Å². The van der Waals surface area contributed by atoms with E-state index in [1.165, 1.54) is 22.9 Å². The van der Waals surface area contributed by atoms with Gasteiger partial charge in [-0.2, -0.15) is 0 Å². The molecule has 2 aromatic carbocycles. The van der Waals surface area contributed by atoms with Gasteiger partial charge in [-0.25, -0.2) is 0 Å². The van der Waals surface area contributed by atoms with Crippen LogP contribution in [0.4, 0.5) is 11.4 Å². The molecule has 1 fully saturated rings. The van der Waals surface area contributed by atoms with Crippen LogP contribution in [0.2, 0.25) is 10.0 Å². The fourth-order valence-electron chi connectivity index (χ4n) is 3.73. The average Bonchev–Trinajstić information content (AvgIpc) is 3.01. The van der Waals surface area contributed by atoms with Crippen LogP contribution in [-0.4, -0.2) is 35.3 Å². The molecule has 0 saturated carbocycles. The van der Waals surface area contributed by atoms with Crippen LogP contribution in [0.15, 0.2) is 42.5 Å². The molecule has 2 aliphatic rings. The number of nitrogens with one attached hydrogen (secondary N) is 1. The number of benzene rings is 2. The van der Waals surface area contributed by atoms with Crippen molar-refractivity contribution < 1.29 is 14.4 Å². The van der Waals surface area contributed by atoms with Gasteiger partial charge in [0.15, 0.2) is 0 Å². The number of likely N-dealkylation sites (N-methyl/N-ethyl adjacent to an activating group) is 1. The summed E-state index contributed by atoms with van der Waals surface area (Å²) >= 11 is 11.9. The molecule has 2 heterocycles. The van der Waals surface area contributed by atoms with E-state index in [0.717, 1.165) is 0 Å². The number of halogens is 2. The number of fused-ring (bicyclic) bond motifs is 3. The van der Waals surface area contributed by atoms with E-state index in [9.17, 15) is 14.4 Å². The Labute approximate surface area is 165 Å². The Balaban J connectivity index is 1.79. The van der Waals surface area contributed by atoms with Gasteiger partial charge in [-0.1, -0.05) is 35.3 Å². The first kappa shape index (κ1) is 17.8. The van der Waals surface area contributed by atoms with Gasteiger partial charge < -0.3 is 10.2 Å². The van der Waals surface area contributed by atoms with E-state index in [2.05, 4.69) is 5.32 Å². The van der Waals surface area contributed by atoms with Crippen molar-refractivity contribution >= 4 is 52.3 Å². The molecule has 0 spiro atoms. The van der Waals surface area contributed by atoms with Gasteiger partial charge in [-0.3, -0.25) is 19.3 Å². The van der Waals surface area contributed by atoms with E-state index < -0.39 is 11.6 Å². The fraction of sp³-hybridized carbons (Fsp3) is 0.211. The minimum absolute atomic E-state index is 0.167. The Morgan fingerprint density at radius 1 is 1.11 bits per heavy atom. The predicted octanol–water partition coefficient (Wildman–Crippen LogP) is 3.54. The van der Waals surface area contributed by atoms with Crippen LogP contribution in [0.1, 0.15) is 23.2 Å². The minimum atomic E-state index is -1.42. The zero-order valence-corrected chi connectivity index (χ0v) is 15.8. The van der Waals surface area contributed by atoms with Crippen molar-refractivity contribution in [1.29, 1.82) is 0 Å². The summed E-state index contributed by atoms with van der Waals surface area (Å²) in [5.41, 5.74) is -0.141. The molecule has 2 aliphatic heterocycles. The van der Waals surface area contributed by atoms with Crippen LogP contribution < -0.4 is 10.2 Å². The molecule has 138 valence electrons. The van der Waals surface area contributed by atoms with Crippen molar-refractivity contribution in [3.63, 3.8) is 0 Å². The maximum atomic E-state index is 13.3. The van der Waals surface area contributed by atoms with Gasteiger partial charge in [-0.15, -0.1) is 0 Å². The number of carbonyl (C=O) groups is 3. The zero-order valence-electron chi connectivity index (χ0n) is 14.3. The second-order valence-electron chi connectivity index (χ2n) is 6.51. The second kappa shape index (κ2) is 6.25. The Kier molecular flexibility index (Phi) is 4.13. The standard InChI is InChI=1S/C19H15Cl2N3O3/c1-23-17(26)12-4-2-3-5-15(12)24-16(25)8-9-19(23,24)18(27)22-11-6-7-13(20)14(21)10-11/h2-7,10H,8-9H2,1H3,(H,22,27)/t19-/m1/s1. The zero-order chi connectivity index (χ0) is 19.3. The van der Waals surface area contributed by atoms with E-state index in [0.29, 0.717) is 27.0 Å². The first-order valence-electron chi connectivity index (χ1n) is 8.33. The molecule has 8 heteroatoms. The lowest BCUT2D eigenvalue weighted by Crippen LogP contribution is -2.68. The largest absolute Gasteiger partial charge is 0.322 e. The van der Waals surface area contributed by atoms with Gasteiger partial charge in [0.05, 0.1) is 21.3 Å². The van der Waals surface area contributed by atoms with Crippen molar-refractivity contribution in [2.24, 2.45) is 0 Å². The topological polar surface area (TPSA) is 69.7 Å². The Morgan fingerprint density at radius 2 is 1.85 bits per heavy atom. The number of amides is 3. The highest BCUT2D eigenvalue weighted by Crippen LogP contribution is 2.44. The van der Waals surface area contributed by atoms with Crippen molar-refractivity contribution in [3.8, 4) is 0 Å². The van der Waals surface area contributed by atoms with Crippen LogP contribution in [0.25, 0.3) is 0 Å². The molecule has 27 heavy (non-hydrogen) atoms. The van der Waals surface area contributed by atoms with Gasteiger partial charge in [-0.05, 0) is 30.3 Å². The first-order chi connectivity index (χ1) is 12.9. The number of nitrogens with zero attached hydrogens (tertiary/aromatic N) is 2. The summed E-state index contributed by atoms with van der Waals surface area (Å²) < 4.78 is 0. The molecule has 0 unspecified atom stereocenters. The average molecular weight is 404 g/mol. The van der Waals surface area contributed by atoms with E-state index in [1.807, 2.05) is 0 Å². The Bertz CT molecular complexity index is 994. The summed E-state index contributed by atoms with van der Waals surface area (Å²) in [6.45, 7) is 0. The quantitative estimate of drug-likeness (QED) is 0.833. The smallest absolute Gasteiger partial charge is 0.271 e. The number of carbonyl (C=O) groups excluding carboxylic acids is 3. The molecule has 3 amide bonds. The number of hydrogen-bond acceptors (Lipinski definition) is 3. The normalized spacial score (nSPS) is 21.1. The lowest BCUT2D eigenvalue weighted by atomic mass is 9.96. The molecular weight excluding hydrogens is 389 g/mol. The number of anilines is 2. The van der Waals surface area contributed by atoms with E-state index in [1.54, 1.807) is 36.4 Å². The van der Waals surface area contributed by atoms with E-state index in [-0.39, 0.29) is 24.7 Å². The summed E-state index contributed by atoms with van der Waals surface area (Å²) in [4.78, 5) is 41.6. The van der Waals surface area contributed by atoms with Gasteiger partial charge in [0, 0.05) is 25.6 Å². The SMILES string of the molecule is CN1C(=O)c2ccccc2N2C(=O)CC[C@@]12C(=O)Nc1ccc(Cl)c(Cl)c1. The summed E-state index contributed by atoms with van der Waals surface area (Å²) in [6, 6.07) is 11.5. The van der Waals surface area contributed by atoms with Gasteiger partial charge >= 0.3 is 0 Å². The predicted molar refractivity (Wildman–Crippen MR) is 103 cm³/mol. The van der Waals surface area contributed by atoms with Crippen LogP contribution >= 0.6 is 23.2 Å². The van der Waals surface area contributed by atoms with Crippen molar-refractivity contribution in [1.82, 2.24) is 4.90 Å². The number of rotatable bonds is 2. The van der Waals surface area contributed by atoms with Crippen LogP contribution in [0.3, 0.4) is 0 Å². The van der Waals surface area contributed by atoms with Crippen LogP contribution in [-0.2, 0) is 9.59 Å². The maximum absolute atomic E-state index is 13.3.